The average molecular weight is 481 g/mol. The lowest BCUT2D eigenvalue weighted by atomic mass is 9.90. The molecule has 0 aliphatic carbocycles. The lowest BCUT2D eigenvalue weighted by molar-refractivity contribution is -0.259. The molecule has 0 spiro atoms. The van der Waals surface area contributed by atoms with Gasteiger partial charge < -0.3 is 28.8 Å². The fraction of sp³-hybridized carbons (Fsp3) is 0.769. The first kappa shape index (κ1) is 26.9. The largest absolute Gasteiger partial charge is 0.461 e. The van der Waals surface area contributed by atoms with Gasteiger partial charge in [-0.1, -0.05) is 18.2 Å². The van der Waals surface area contributed by atoms with E-state index >= 15 is 0 Å². The molecule has 2 saturated heterocycles. The minimum atomic E-state index is -0.790. The number of hydrogen-bond donors (Lipinski definition) is 1. The SMILES string of the molecule is CC(C)(C)C(=O)OC[C@H](/C=C/C1C=CC[C@H]2O[C@H]3CCCO[C@@H]3[C@@H](O)[C@@H]2O1)OC(=O)C(C)(C)C. The van der Waals surface area contributed by atoms with Crippen molar-refractivity contribution in [2.45, 2.75) is 104 Å². The Labute approximate surface area is 202 Å². The Bertz CT molecular complexity index is 775. The first-order chi connectivity index (χ1) is 15.9. The van der Waals surface area contributed by atoms with Crippen LogP contribution in [0.4, 0.5) is 0 Å². The number of esters is 2. The van der Waals surface area contributed by atoms with Crippen molar-refractivity contribution < 1.29 is 38.4 Å². The van der Waals surface area contributed by atoms with Crippen molar-refractivity contribution >= 4 is 11.9 Å². The minimum absolute atomic E-state index is 0.0970. The van der Waals surface area contributed by atoms with Gasteiger partial charge in [0, 0.05) is 6.61 Å². The van der Waals surface area contributed by atoms with Crippen LogP contribution in [0.3, 0.4) is 0 Å². The van der Waals surface area contributed by atoms with Gasteiger partial charge in [0.2, 0.25) is 0 Å². The summed E-state index contributed by atoms with van der Waals surface area (Å²) >= 11 is 0. The molecule has 192 valence electrons. The Kier molecular flexibility index (Phi) is 8.61. The molecule has 8 nitrogen and oxygen atoms in total. The van der Waals surface area contributed by atoms with Gasteiger partial charge in [-0.25, -0.2) is 0 Å². The molecule has 0 amide bonds. The molecule has 3 heterocycles. The van der Waals surface area contributed by atoms with Gasteiger partial charge in [0.15, 0.2) is 6.10 Å². The maximum atomic E-state index is 12.5. The van der Waals surface area contributed by atoms with E-state index in [0.29, 0.717) is 13.0 Å². The summed E-state index contributed by atoms with van der Waals surface area (Å²) in [4.78, 5) is 24.7. The molecular formula is C26H40O8. The molecule has 3 rings (SSSR count). The van der Waals surface area contributed by atoms with Gasteiger partial charge in [0.25, 0.3) is 0 Å². The van der Waals surface area contributed by atoms with Crippen LogP contribution >= 0.6 is 0 Å². The molecule has 8 heteroatoms. The standard InChI is InChI=1S/C26H40O8/c1-25(2,3)23(28)31-15-17(33-24(29)26(4,5)6)13-12-16-9-7-10-19-22(32-16)20(27)21-18(34-19)11-8-14-30-21/h7,9,12-13,16-22,27H,8,10-11,14-15H2,1-6H3/b13-12+/t16?,17-,18-,19+,20+,21-,22+/m0/s1. The topological polar surface area (TPSA) is 101 Å². The van der Waals surface area contributed by atoms with E-state index in [1.165, 1.54) is 0 Å². The predicted octanol–water partition coefficient (Wildman–Crippen LogP) is 3.11. The van der Waals surface area contributed by atoms with Crippen molar-refractivity contribution in [3.63, 3.8) is 0 Å². The smallest absolute Gasteiger partial charge is 0.311 e. The first-order valence-electron chi connectivity index (χ1n) is 12.2. The maximum absolute atomic E-state index is 12.5. The van der Waals surface area contributed by atoms with E-state index in [1.807, 2.05) is 12.2 Å². The van der Waals surface area contributed by atoms with Gasteiger partial charge in [0.1, 0.15) is 24.9 Å². The van der Waals surface area contributed by atoms with E-state index in [4.69, 9.17) is 23.7 Å². The van der Waals surface area contributed by atoms with Crippen LogP contribution < -0.4 is 0 Å². The molecule has 0 aromatic carbocycles. The van der Waals surface area contributed by atoms with Crippen LogP contribution in [0.5, 0.6) is 0 Å². The van der Waals surface area contributed by atoms with Gasteiger partial charge in [0.05, 0.1) is 29.1 Å². The Hall–Kier alpha value is -1.74. The number of fused-ring (bicyclic) bond motifs is 2. The summed E-state index contributed by atoms with van der Waals surface area (Å²) in [6.07, 6.45) is 6.36. The van der Waals surface area contributed by atoms with Crippen molar-refractivity contribution in [3.05, 3.63) is 24.3 Å². The number of hydrogen-bond acceptors (Lipinski definition) is 8. The van der Waals surface area contributed by atoms with E-state index in [1.54, 1.807) is 53.7 Å². The van der Waals surface area contributed by atoms with Crippen molar-refractivity contribution in [1.29, 1.82) is 0 Å². The predicted molar refractivity (Wildman–Crippen MR) is 125 cm³/mol. The second kappa shape index (κ2) is 10.9. The maximum Gasteiger partial charge on any atom is 0.311 e. The third-order valence-electron chi connectivity index (χ3n) is 6.08. The molecule has 0 aromatic rings. The Morgan fingerprint density at radius 3 is 2.44 bits per heavy atom. The van der Waals surface area contributed by atoms with E-state index in [2.05, 4.69) is 0 Å². The van der Waals surface area contributed by atoms with Crippen LogP contribution in [0.25, 0.3) is 0 Å². The number of ether oxygens (including phenoxy) is 5. The van der Waals surface area contributed by atoms with Crippen molar-refractivity contribution in [1.82, 2.24) is 0 Å². The molecule has 0 bridgehead atoms. The average Bonchev–Trinajstić information content (AvgIpc) is 2.96. The zero-order valence-corrected chi connectivity index (χ0v) is 21.2. The summed E-state index contributed by atoms with van der Waals surface area (Å²) in [5.41, 5.74) is -1.37. The van der Waals surface area contributed by atoms with E-state index in [-0.39, 0.29) is 24.8 Å². The number of carbonyl (C=O) groups is 2. The van der Waals surface area contributed by atoms with Crippen LogP contribution in [-0.2, 0) is 33.3 Å². The van der Waals surface area contributed by atoms with Crippen LogP contribution in [-0.4, -0.2) is 73.0 Å². The first-order valence-corrected chi connectivity index (χ1v) is 12.2. The summed E-state index contributed by atoms with van der Waals surface area (Å²) in [6, 6.07) is 0. The lowest BCUT2D eigenvalue weighted by Crippen LogP contribution is -2.60. The molecule has 34 heavy (non-hydrogen) atoms. The van der Waals surface area contributed by atoms with Gasteiger partial charge >= 0.3 is 11.9 Å². The van der Waals surface area contributed by atoms with E-state index in [0.717, 1.165) is 12.8 Å². The molecule has 0 aromatic heterocycles. The lowest BCUT2D eigenvalue weighted by Gasteiger charge is -2.46. The van der Waals surface area contributed by atoms with Crippen LogP contribution in [0.2, 0.25) is 0 Å². The Morgan fingerprint density at radius 2 is 1.76 bits per heavy atom. The third kappa shape index (κ3) is 6.90. The van der Waals surface area contributed by atoms with E-state index in [9.17, 15) is 14.7 Å². The second-order valence-corrected chi connectivity index (χ2v) is 11.3. The highest BCUT2D eigenvalue weighted by molar-refractivity contribution is 5.76. The number of aliphatic hydroxyl groups excluding tert-OH is 1. The summed E-state index contributed by atoms with van der Waals surface area (Å²) in [5.74, 6) is -0.779. The Morgan fingerprint density at radius 1 is 1.06 bits per heavy atom. The highest BCUT2D eigenvalue weighted by Crippen LogP contribution is 2.34. The molecule has 0 saturated carbocycles. The summed E-state index contributed by atoms with van der Waals surface area (Å²) in [5, 5.41) is 10.9. The normalized spacial score (nSPS) is 32.9. The molecular weight excluding hydrogens is 440 g/mol. The Balaban J connectivity index is 1.69. The van der Waals surface area contributed by atoms with Gasteiger partial charge in [-0.2, -0.15) is 0 Å². The van der Waals surface area contributed by atoms with Crippen LogP contribution in [0.1, 0.15) is 60.8 Å². The van der Waals surface area contributed by atoms with Crippen molar-refractivity contribution in [2.75, 3.05) is 13.2 Å². The molecule has 1 N–H and O–H groups in total. The highest BCUT2D eigenvalue weighted by Gasteiger charge is 2.48. The number of rotatable bonds is 5. The zero-order valence-electron chi connectivity index (χ0n) is 21.2. The van der Waals surface area contributed by atoms with Crippen molar-refractivity contribution in [3.8, 4) is 0 Å². The molecule has 3 aliphatic rings. The van der Waals surface area contributed by atoms with Crippen molar-refractivity contribution in [2.24, 2.45) is 10.8 Å². The van der Waals surface area contributed by atoms with Crippen LogP contribution in [0, 0.1) is 10.8 Å². The minimum Gasteiger partial charge on any atom is -0.461 e. The van der Waals surface area contributed by atoms with Crippen LogP contribution in [0.15, 0.2) is 24.3 Å². The molecule has 0 radical (unpaired) electrons. The van der Waals surface area contributed by atoms with Gasteiger partial charge in [-0.05, 0) is 66.9 Å². The monoisotopic (exact) mass is 480 g/mol. The number of carbonyl (C=O) groups excluding carboxylic acids is 2. The van der Waals surface area contributed by atoms with Gasteiger partial charge in [-0.3, -0.25) is 9.59 Å². The molecule has 2 fully saturated rings. The molecule has 3 aliphatic heterocycles. The second-order valence-electron chi connectivity index (χ2n) is 11.3. The third-order valence-corrected chi connectivity index (χ3v) is 6.08. The molecule has 1 unspecified atom stereocenters. The zero-order chi connectivity index (χ0) is 25.1. The number of aliphatic hydroxyl groups is 1. The fourth-order valence-corrected chi connectivity index (χ4v) is 4.04. The van der Waals surface area contributed by atoms with Gasteiger partial charge in [-0.15, -0.1) is 0 Å². The van der Waals surface area contributed by atoms with E-state index < -0.39 is 47.3 Å². The fourth-order valence-electron chi connectivity index (χ4n) is 4.04. The summed E-state index contributed by atoms with van der Waals surface area (Å²) in [7, 11) is 0. The quantitative estimate of drug-likeness (QED) is 0.473. The summed E-state index contributed by atoms with van der Waals surface area (Å²) in [6.45, 7) is 11.1. The summed E-state index contributed by atoms with van der Waals surface area (Å²) < 4.78 is 29.2. The molecule has 7 atom stereocenters. The highest BCUT2D eigenvalue weighted by atomic mass is 16.6.